The van der Waals surface area contributed by atoms with Crippen molar-refractivity contribution in [3.63, 3.8) is 0 Å². The summed E-state index contributed by atoms with van der Waals surface area (Å²) in [5.74, 6) is -1.61. The minimum absolute atomic E-state index is 0.0693. The third kappa shape index (κ3) is 3.32. The maximum atomic E-state index is 12.5. The van der Waals surface area contributed by atoms with Gasteiger partial charge in [0.05, 0.1) is 24.8 Å². The smallest absolute Gasteiger partial charge is 0.357 e. The summed E-state index contributed by atoms with van der Waals surface area (Å²) in [6.07, 6.45) is 0. The molecule has 9 nitrogen and oxygen atoms in total. The average Bonchev–Trinajstić information content (AvgIpc) is 3.14. The monoisotopic (exact) mass is 381 g/mol. The van der Waals surface area contributed by atoms with E-state index in [1.165, 1.54) is 37.1 Å². The first kappa shape index (κ1) is 18.8. The van der Waals surface area contributed by atoms with Gasteiger partial charge in [0, 0.05) is 17.7 Å². The van der Waals surface area contributed by atoms with Crippen LogP contribution in [0.1, 0.15) is 20.8 Å². The number of nitro groups is 1. The molecule has 0 aliphatic heterocycles. The van der Waals surface area contributed by atoms with Crippen LogP contribution in [0.5, 0.6) is 0 Å². The van der Waals surface area contributed by atoms with Crippen molar-refractivity contribution in [3.8, 4) is 16.9 Å². The largest absolute Gasteiger partial charge is 0.465 e. The summed E-state index contributed by atoms with van der Waals surface area (Å²) >= 11 is 0. The van der Waals surface area contributed by atoms with Crippen molar-refractivity contribution >= 4 is 17.6 Å². The lowest BCUT2D eigenvalue weighted by atomic mass is 10.0. The standard InChI is InChI=1S/C19H15N3O6/c1-27-18(23)15-16(12-7-6-10-14(11-12)22(25)26)20-21(17(15)19(24)28-2)13-8-4-3-5-9-13/h3-11H,1-2H3. The van der Waals surface area contributed by atoms with Gasteiger partial charge in [-0.1, -0.05) is 30.3 Å². The van der Waals surface area contributed by atoms with Gasteiger partial charge in [-0.2, -0.15) is 5.10 Å². The molecule has 0 amide bonds. The molecule has 0 unspecified atom stereocenters. The van der Waals surface area contributed by atoms with Gasteiger partial charge in [-0.15, -0.1) is 0 Å². The van der Waals surface area contributed by atoms with E-state index in [1.54, 1.807) is 36.4 Å². The second-order valence-electron chi connectivity index (χ2n) is 5.61. The van der Waals surface area contributed by atoms with E-state index in [0.29, 0.717) is 5.69 Å². The molecule has 9 heteroatoms. The number of non-ortho nitro benzene ring substituents is 1. The number of rotatable bonds is 5. The zero-order chi connectivity index (χ0) is 20.3. The lowest BCUT2D eigenvalue weighted by Gasteiger charge is -2.07. The Kier molecular flexibility index (Phi) is 5.16. The summed E-state index contributed by atoms with van der Waals surface area (Å²) in [7, 11) is 2.35. The van der Waals surface area contributed by atoms with Crippen molar-refractivity contribution in [3.05, 3.63) is 76.0 Å². The summed E-state index contributed by atoms with van der Waals surface area (Å²) < 4.78 is 10.9. The van der Waals surface area contributed by atoms with E-state index in [-0.39, 0.29) is 28.2 Å². The fourth-order valence-electron chi connectivity index (χ4n) is 2.72. The van der Waals surface area contributed by atoms with Gasteiger partial charge in [0.2, 0.25) is 0 Å². The number of esters is 2. The van der Waals surface area contributed by atoms with Crippen molar-refractivity contribution < 1.29 is 24.0 Å². The number of methoxy groups -OCH3 is 2. The topological polar surface area (TPSA) is 114 Å². The van der Waals surface area contributed by atoms with Crippen molar-refractivity contribution in [2.24, 2.45) is 0 Å². The van der Waals surface area contributed by atoms with E-state index in [0.717, 1.165) is 0 Å². The normalized spacial score (nSPS) is 10.4. The van der Waals surface area contributed by atoms with Gasteiger partial charge >= 0.3 is 11.9 Å². The van der Waals surface area contributed by atoms with Crippen molar-refractivity contribution in [2.75, 3.05) is 14.2 Å². The number of hydrogen-bond acceptors (Lipinski definition) is 7. The molecule has 142 valence electrons. The van der Waals surface area contributed by atoms with Crippen LogP contribution in [-0.2, 0) is 9.47 Å². The van der Waals surface area contributed by atoms with Crippen LogP contribution in [0, 0.1) is 10.1 Å². The van der Waals surface area contributed by atoms with Gasteiger partial charge in [-0.25, -0.2) is 14.3 Å². The Bertz CT molecular complexity index is 1060. The second-order valence-corrected chi connectivity index (χ2v) is 5.61. The van der Waals surface area contributed by atoms with Crippen LogP contribution in [-0.4, -0.2) is 40.9 Å². The van der Waals surface area contributed by atoms with Crippen LogP contribution in [0.4, 0.5) is 5.69 Å². The Labute approximate surface area is 159 Å². The number of hydrogen-bond donors (Lipinski definition) is 0. The average molecular weight is 381 g/mol. The maximum absolute atomic E-state index is 12.5. The highest BCUT2D eigenvalue weighted by atomic mass is 16.6. The van der Waals surface area contributed by atoms with Crippen LogP contribution < -0.4 is 0 Å². The number of benzene rings is 2. The first-order valence-corrected chi connectivity index (χ1v) is 8.07. The van der Waals surface area contributed by atoms with E-state index >= 15 is 0 Å². The quantitative estimate of drug-likeness (QED) is 0.379. The molecule has 0 N–H and O–H groups in total. The highest BCUT2D eigenvalue weighted by Crippen LogP contribution is 2.30. The first-order chi connectivity index (χ1) is 13.5. The van der Waals surface area contributed by atoms with Gasteiger partial charge in [-0.05, 0) is 12.1 Å². The molecule has 3 rings (SSSR count). The molecule has 0 bridgehead atoms. The molecule has 1 heterocycles. The number of carbonyl (C=O) groups is 2. The minimum Gasteiger partial charge on any atom is -0.465 e. The zero-order valence-corrected chi connectivity index (χ0v) is 15.0. The lowest BCUT2D eigenvalue weighted by molar-refractivity contribution is -0.384. The molecule has 0 fully saturated rings. The van der Waals surface area contributed by atoms with Gasteiger partial charge < -0.3 is 9.47 Å². The highest BCUT2D eigenvalue weighted by molar-refractivity contribution is 6.06. The third-order valence-corrected chi connectivity index (χ3v) is 3.98. The molecular weight excluding hydrogens is 366 g/mol. The molecule has 2 aromatic carbocycles. The van der Waals surface area contributed by atoms with Gasteiger partial charge in [-0.3, -0.25) is 10.1 Å². The zero-order valence-electron chi connectivity index (χ0n) is 15.0. The summed E-state index contributed by atoms with van der Waals surface area (Å²) in [4.78, 5) is 35.5. The molecule has 28 heavy (non-hydrogen) atoms. The summed E-state index contributed by atoms with van der Waals surface area (Å²) in [5, 5.41) is 15.5. The van der Waals surface area contributed by atoms with Crippen LogP contribution in [0.25, 0.3) is 16.9 Å². The van der Waals surface area contributed by atoms with Crippen molar-refractivity contribution in [1.82, 2.24) is 9.78 Å². The van der Waals surface area contributed by atoms with Crippen molar-refractivity contribution in [1.29, 1.82) is 0 Å². The maximum Gasteiger partial charge on any atom is 0.357 e. The number of aromatic nitrogens is 2. The van der Waals surface area contributed by atoms with Crippen LogP contribution in [0.15, 0.2) is 54.6 Å². The molecule has 0 saturated heterocycles. The Morgan fingerprint density at radius 2 is 1.68 bits per heavy atom. The minimum atomic E-state index is -0.816. The highest BCUT2D eigenvalue weighted by Gasteiger charge is 2.31. The molecule has 0 atom stereocenters. The van der Waals surface area contributed by atoms with Crippen LogP contribution in [0.3, 0.4) is 0 Å². The Morgan fingerprint density at radius 1 is 1.00 bits per heavy atom. The van der Waals surface area contributed by atoms with Crippen molar-refractivity contribution in [2.45, 2.75) is 0 Å². The second kappa shape index (κ2) is 7.70. The molecular formula is C19H15N3O6. The molecule has 3 aromatic rings. The molecule has 1 aromatic heterocycles. The van der Waals surface area contributed by atoms with E-state index in [4.69, 9.17) is 9.47 Å². The SMILES string of the molecule is COC(=O)c1c(-c2cccc([N+](=O)[O-])c2)nn(-c2ccccc2)c1C(=O)OC. The summed E-state index contributed by atoms with van der Waals surface area (Å²) in [6.45, 7) is 0. The Hall–Kier alpha value is -4.01. The molecule has 0 radical (unpaired) electrons. The first-order valence-electron chi connectivity index (χ1n) is 8.07. The van der Waals surface area contributed by atoms with E-state index in [1.807, 2.05) is 0 Å². The van der Waals surface area contributed by atoms with Gasteiger partial charge in [0.1, 0.15) is 11.3 Å². The van der Waals surface area contributed by atoms with Crippen LogP contribution >= 0.6 is 0 Å². The predicted octanol–water partition coefficient (Wildman–Crippen LogP) is 3.02. The van der Waals surface area contributed by atoms with E-state index in [2.05, 4.69) is 5.10 Å². The number of para-hydroxylation sites is 1. The number of nitro benzene ring substituents is 1. The van der Waals surface area contributed by atoms with Gasteiger partial charge in [0.25, 0.3) is 5.69 Å². The Balaban J connectivity index is 2.35. The summed E-state index contributed by atoms with van der Waals surface area (Å²) in [6, 6.07) is 14.3. The Morgan fingerprint density at radius 3 is 2.29 bits per heavy atom. The molecule has 0 saturated carbocycles. The molecule has 0 spiro atoms. The predicted molar refractivity (Wildman–Crippen MR) is 98.3 cm³/mol. The molecule has 0 aliphatic rings. The fourth-order valence-corrected chi connectivity index (χ4v) is 2.72. The number of ether oxygens (including phenoxy) is 2. The molecule has 0 aliphatic carbocycles. The van der Waals surface area contributed by atoms with Crippen LogP contribution in [0.2, 0.25) is 0 Å². The van der Waals surface area contributed by atoms with Gasteiger partial charge in [0.15, 0.2) is 5.69 Å². The van der Waals surface area contributed by atoms with E-state index in [9.17, 15) is 19.7 Å². The number of carbonyl (C=O) groups excluding carboxylic acids is 2. The lowest BCUT2D eigenvalue weighted by Crippen LogP contribution is -2.15. The summed E-state index contributed by atoms with van der Waals surface area (Å²) in [5.41, 5.74) is 0.405. The third-order valence-electron chi connectivity index (χ3n) is 3.98. The van der Waals surface area contributed by atoms with E-state index < -0.39 is 16.9 Å². The number of nitrogens with zero attached hydrogens (tertiary/aromatic N) is 3. The fraction of sp³-hybridized carbons (Fsp3) is 0.105.